The molecule has 236 valence electrons. The zero-order valence-corrected chi connectivity index (χ0v) is 25.3. The van der Waals surface area contributed by atoms with E-state index in [4.69, 9.17) is 9.47 Å². The Kier molecular flexibility index (Phi) is 8.35. The van der Waals surface area contributed by atoms with Gasteiger partial charge in [-0.15, -0.1) is 0 Å². The first-order chi connectivity index (χ1) is 20.2. The number of aliphatic hydroxyl groups is 1. The number of β-amino-alcohol motifs (C(OH)–C–C–N with tert-alkyl or cyclic N) is 1. The van der Waals surface area contributed by atoms with E-state index in [0.29, 0.717) is 37.5 Å². The molecule has 1 aliphatic heterocycles. The van der Waals surface area contributed by atoms with E-state index in [-0.39, 0.29) is 42.9 Å². The van der Waals surface area contributed by atoms with Crippen LogP contribution in [0.1, 0.15) is 91.4 Å². The van der Waals surface area contributed by atoms with Gasteiger partial charge in [-0.2, -0.15) is 0 Å². The summed E-state index contributed by atoms with van der Waals surface area (Å²) in [6.45, 7) is 4.88. The van der Waals surface area contributed by atoms with Crippen LogP contribution in [0, 0.1) is 28.6 Å². The van der Waals surface area contributed by atoms with E-state index in [0.717, 1.165) is 30.6 Å². The highest BCUT2D eigenvalue weighted by Crippen LogP contribution is 2.68. The molecule has 0 radical (unpaired) electrons. The lowest BCUT2D eigenvalue weighted by atomic mass is 9.46. The summed E-state index contributed by atoms with van der Waals surface area (Å²) >= 11 is 0. The van der Waals surface area contributed by atoms with Gasteiger partial charge in [0.1, 0.15) is 6.04 Å². The first-order valence-electron chi connectivity index (χ1n) is 15.5. The fourth-order valence-electron chi connectivity index (χ4n) is 9.50. The first-order valence-corrected chi connectivity index (χ1v) is 15.5. The molecule has 0 aromatic heterocycles. The predicted octanol–water partition coefficient (Wildman–Crippen LogP) is 2.76. The van der Waals surface area contributed by atoms with Crippen molar-refractivity contribution in [2.75, 3.05) is 13.2 Å². The molecule has 0 aromatic carbocycles. The fourth-order valence-corrected chi connectivity index (χ4v) is 9.50. The van der Waals surface area contributed by atoms with E-state index in [1.165, 1.54) is 12.5 Å². The van der Waals surface area contributed by atoms with E-state index in [9.17, 15) is 39.0 Å². The van der Waals surface area contributed by atoms with E-state index < -0.39 is 59.4 Å². The van der Waals surface area contributed by atoms with Crippen molar-refractivity contribution in [3.8, 4) is 0 Å². The van der Waals surface area contributed by atoms with Crippen LogP contribution >= 0.6 is 0 Å². The number of rotatable bonds is 8. The maximum atomic E-state index is 13.9. The number of nitrogens with zero attached hydrogens (tertiary/aromatic N) is 1. The highest BCUT2D eigenvalue weighted by atomic mass is 16.6. The quantitative estimate of drug-likeness (QED) is 0.395. The van der Waals surface area contributed by atoms with Crippen LogP contribution in [0.3, 0.4) is 0 Å². The summed E-state index contributed by atoms with van der Waals surface area (Å²) in [5, 5.41) is 19.1. The van der Waals surface area contributed by atoms with Crippen LogP contribution in [0.2, 0.25) is 0 Å². The number of ketones is 2. The number of esters is 2. The number of hydrogen-bond acceptors (Lipinski definition) is 9. The van der Waals surface area contributed by atoms with Crippen LogP contribution in [-0.4, -0.2) is 81.4 Å². The highest BCUT2D eigenvalue weighted by molar-refractivity contribution is 5.94. The molecule has 4 fully saturated rings. The first kappa shape index (κ1) is 31.3. The number of aliphatic carboxylic acids is 1. The van der Waals surface area contributed by atoms with Crippen molar-refractivity contribution < 1.29 is 48.5 Å². The van der Waals surface area contributed by atoms with E-state index >= 15 is 0 Å². The molecular formula is C32H43NO10. The average Bonchev–Trinajstić information content (AvgIpc) is 3.48. The number of carbonyl (C=O) groups excluding carboxylic acids is 5. The minimum absolute atomic E-state index is 0.0422. The summed E-state index contributed by atoms with van der Waals surface area (Å²) in [6, 6.07) is -1.15. The summed E-state index contributed by atoms with van der Waals surface area (Å²) in [6.07, 6.45) is 5.90. The van der Waals surface area contributed by atoms with Gasteiger partial charge in [0.25, 0.3) is 0 Å². The molecule has 11 heteroatoms. The Morgan fingerprint density at radius 1 is 1.00 bits per heavy atom. The van der Waals surface area contributed by atoms with Gasteiger partial charge >= 0.3 is 17.9 Å². The number of carbonyl (C=O) groups is 6. The molecule has 3 saturated carbocycles. The smallest absolute Gasteiger partial charge is 0.326 e. The fraction of sp³-hybridized carbons (Fsp3) is 0.750. The second kappa shape index (κ2) is 11.4. The molecule has 11 nitrogen and oxygen atoms in total. The van der Waals surface area contributed by atoms with Crippen LogP contribution in [-0.2, 0) is 38.2 Å². The molecule has 2 unspecified atom stereocenters. The lowest BCUT2D eigenvalue weighted by Gasteiger charge is -2.59. The number of fused-ring (bicyclic) bond motifs is 5. The molecule has 43 heavy (non-hydrogen) atoms. The summed E-state index contributed by atoms with van der Waals surface area (Å²) in [5.74, 6) is -2.59. The predicted molar refractivity (Wildman–Crippen MR) is 150 cm³/mol. The van der Waals surface area contributed by atoms with Crippen LogP contribution < -0.4 is 0 Å². The molecular weight excluding hydrogens is 558 g/mol. The molecule has 1 heterocycles. The molecule has 0 aromatic rings. The summed E-state index contributed by atoms with van der Waals surface area (Å²) in [5.41, 5.74) is -0.855. The van der Waals surface area contributed by atoms with Gasteiger partial charge in [0, 0.05) is 38.1 Å². The van der Waals surface area contributed by atoms with Gasteiger partial charge in [-0.3, -0.25) is 24.0 Å². The summed E-state index contributed by atoms with van der Waals surface area (Å²) in [7, 11) is 0. The maximum absolute atomic E-state index is 13.9. The molecule has 2 N–H and O–H groups in total. The Labute approximate surface area is 251 Å². The number of carboxylic acid groups (broad SMARTS) is 1. The SMILES string of the molecule is CC(=O)O[C@]1(C(=O)COC(=O)CCC(=O)N2CC(O)CC2C(=O)O)CC[C@H]2[C@@H]3CCC4=CC(=O)CC[C@]4(C)[C@H]3CC[C@@]21C. The Hall–Kier alpha value is -3.08. The van der Waals surface area contributed by atoms with Crippen molar-refractivity contribution in [1.82, 2.24) is 4.90 Å². The molecule has 8 atom stereocenters. The van der Waals surface area contributed by atoms with E-state index in [2.05, 4.69) is 6.92 Å². The van der Waals surface area contributed by atoms with Crippen molar-refractivity contribution in [3.05, 3.63) is 11.6 Å². The van der Waals surface area contributed by atoms with Gasteiger partial charge < -0.3 is 24.6 Å². The Bertz CT molecular complexity index is 1260. The number of aliphatic hydroxyl groups excluding tert-OH is 1. The average molecular weight is 602 g/mol. The Morgan fingerprint density at radius 3 is 2.42 bits per heavy atom. The van der Waals surface area contributed by atoms with Gasteiger partial charge in [0.05, 0.1) is 12.5 Å². The minimum Gasteiger partial charge on any atom is -0.480 e. The number of hydrogen-bond donors (Lipinski definition) is 2. The van der Waals surface area contributed by atoms with Crippen LogP contribution in [0.15, 0.2) is 11.6 Å². The van der Waals surface area contributed by atoms with Crippen LogP contribution in [0.25, 0.3) is 0 Å². The Morgan fingerprint density at radius 2 is 1.72 bits per heavy atom. The topological polar surface area (TPSA) is 165 Å². The zero-order chi connectivity index (χ0) is 31.3. The number of amides is 1. The third-order valence-electron chi connectivity index (χ3n) is 11.6. The highest BCUT2D eigenvalue weighted by Gasteiger charge is 2.68. The summed E-state index contributed by atoms with van der Waals surface area (Å²) < 4.78 is 11.2. The van der Waals surface area contributed by atoms with Gasteiger partial charge in [-0.05, 0) is 74.2 Å². The van der Waals surface area contributed by atoms with Crippen molar-refractivity contribution in [1.29, 1.82) is 0 Å². The molecule has 1 saturated heterocycles. The van der Waals surface area contributed by atoms with Crippen LogP contribution in [0.5, 0.6) is 0 Å². The largest absolute Gasteiger partial charge is 0.480 e. The molecule has 4 aliphatic carbocycles. The van der Waals surface area contributed by atoms with Crippen LogP contribution in [0.4, 0.5) is 0 Å². The minimum atomic E-state index is -1.43. The van der Waals surface area contributed by atoms with E-state index in [1.807, 2.05) is 13.0 Å². The van der Waals surface area contributed by atoms with Gasteiger partial charge in [-0.1, -0.05) is 19.4 Å². The van der Waals surface area contributed by atoms with Gasteiger partial charge in [0.2, 0.25) is 11.7 Å². The molecule has 0 spiro atoms. The maximum Gasteiger partial charge on any atom is 0.326 e. The summed E-state index contributed by atoms with van der Waals surface area (Å²) in [4.78, 5) is 76.1. The third kappa shape index (κ3) is 5.31. The molecule has 1 amide bonds. The van der Waals surface area contributed by atoms with Crippen molar-refractivity contribution in [2.24, 2.45) is 28.6 Å². The zero-order valence-electron chi connectivity index (χ0n) is 25.3. The Balaban J connectivity index is 1.25. The van der Waals surface area contributed by atoms with Gasteiger partial charge in [0.15, 0.2) is 18.0 Å². The van der Waals surface area contributed by atoms with Crippen molar-refractivity contribution in [3.63, 3.8) is 0 Å². The lowest BCUT2D eigenvalue weighted by Crippen LogP contribution is -2.59. The number of ether oxygens (including phenoxy) is 2. The molecule has 0 bridgehead atoms. The lowest BCUT2D eigenvalue weighted by molar-refractivity contribution is -0.191. The number of allylic oxidation sites excluding steroid dienone is 1. The second-order valence-electron chi connectivity index (χ2n) is 13.8. The monoisotopic (exact) mass is 601 g/mol. The third-order valence-corrected chi connectivity index (χ3v) is 11.6. The second-order valence-corrected chi connectivity index (χ2v) is 13.8. The number of likely N-dealkylation sites (tertiary alicyclic amines) is 1. The van der Waals surface area contributed by atoms with Gasteiger partial charge in [-0.25, -0.2) is 4.79 Å². The normalized spacial score (nSPS) is 38.3. The van der Waals surface area contributed by atoms with Crippen molar-refractivity contribution >= 4 is 35.4 Å². The number of carboxylic acids is 1. The molecule has 5 aliphatic rings. The molecule has 5 rings (SSSR count). The standard InChI is InChI=1S/C32H43NO10/c1-18(34)43-32(26(37)17-42-28(39)7-6-27(38)33-16-21(36)15-25(33)29(40)41)13-10-24-22-5-4-19-14-20(35)8-11-30(19,2)23(22)9-12-31(24,32)3/h14,21-25,36H,4-13,15-17H2,1-3H3,(H,40,41)/t21?,22-,23+,24+,25?,30+,31+,32+/m1/s1. The number of Topliss-reactive ketones (excluding diaryl/α,β-unsaturated/α-hetero) is 1. The van der Waals surface area contributed by atoms with Crippen molar-refractivity contribution in [2.45, 2.75) is 109 Å². The van der Waals surface area contributed by atoms with E-state index in [1.54, 1.807) is 0 Å².